The monoisotopic (exact) mass is 909 g/mol. The van der Waals surface area contributed by atoms with Crippen LogP contribution < -0.4 is 25.4 Å². The van der Waals surface area contributed by atoms with E-state index in [2.05, 4.69) is 22.5 Å². The largest absolute Gasteiger partial charge is 0.497 e. The Labute approximate surface area is 389 Å². The molecular formula is C52H55N5O10. The van der Waals surface area contributed by atoms with Crippen LogP contribution in [0.5, 0.6) is 11.5 Å². The van der Waals surface area contributed by atoms with Crippen LogP contribution in [0.15, 0.2) is 116 Å². The lowest BCUT2D eigenvalue weighted by Crippen LogP contribution is -2.59. The third-order valence-electron chi connectivity index (χ3n) is 12.3. The van der Waals surface area contributed by atoms with Crippen molar-refractivity contribution >= 4 is 40.9 Å². The zero-order valence-corrected chi connectivity index (χ0v) is 38.2. The summed E-state index contributed by atoms with van der Waals surface area (Å²) in [5, 5.41) is 8.85. The summed E-state index contributed by atoms with van der Waals surface area (Å²) in [4.78, 5) is 75.9. The van der Waals surface area contributed by atoms with E-state index >= 15 is 0 Å². The van der Waals surface area contributed by atoms with Gasteiger partial charge in [0.1, 0.15) is 47.4 Å². The van der Waals surface area contributed by atoms with Crippen LogP contribution in [0.2, 0.25) is 0 Å². The maximum absolute atomic E-state index is 15.0. The Bertz CT molecular complexity index is 2660. The average Bonchev–Trinajstić information content (AvgIpc) is 3.72. The van der Waals surface area contributed by atoms with E-state index in [1.54, 1.807) is 53.0 Å². The summed E-state index contributed by atoms with van der Waals surface area (Å²) in [7, 11) is 1.57. The van der Waals surface area contributed by atoms with Gasteiger partial charge >= 0.3 is 18.2 Å². The van der Waals surface area contributed by atoms with Crippen LogP contribution in [-0.2, 0) is 28.6 Å². The van der Waals surface area contributed by atoms with E-state index < -0.39 is 71.8 Å². The molecule has 15 heteroatoms. The van der Waals surface area contributed by atoms with Gasteiger partial charge in [0.05, 0.1) is 38.0 Å². The fourth-order valence-electron chi connectivity index (χ4n) is 8.96. The molecule has 0 bridgehead atoms. The minimum absolute atomic E-state index is 0.00512. The molecular weight excluding hydrogens is 855 g/mol. The molecule has 5 atom stereocenters. The number of aromatic nitrogens is 1. The number of carbonyl (C=O) groups is 5. The highest BCUT2D eigenvalue weighted by Gasteiger charge is 2.62. The van der Waals surface area contributed by atoms with Gasteiger partial charge in [-0.05, 0) is 68.5 Å². The summed E-state index contributed by atoms with van der Waals surface area (Å²) in [5.41, 5.74) is 3.93. The number of benzene rings is 4. The van der Waals surface area contributed by atoms with Crippen molar-refractivity contribution in [1.29, 1.82) is 0 Å². The molecule has 1 unspecified atom stereocenters. The van der Waals surface area contributed by atoms with E-state index in [0.717, 1.165) is 27.8 Å². The molecule has 0 radical (unpaired) electrons. The standard InChI is InChI=1S/C52H55N5O10/c1-7-32-27-52(32,48(60)64-8-2)56-46(58)44-25-34(66-45-26-41(31-16-10-9-11-17-31)54-42-24-33(63-6)22-23-39(42)45)29-57(44)47(59)43(55-50(62)67-51(3,4)5)28-53-49(61)65-30-40-37-20-14-12-18-35(37)36-19-13-15-21-38(36)40/h7,9-24,26,32,34,40,43-44H,1,8,25,27-30H2,2-6H3,(H,53,61)(H,55,62)(H,56,58)/t32-,34?,43+,44+,52-/m1/s1. The van der Waals surface area contributed by atoms with Crippen molar-refractivity contribution in [3.8, 4) is 33.9 Å². The van der Waals surface area contributed by atoms with Crippen LogP contribution in [0.3, 0.4) is 0 Å². The fraction of sp³-hybridized carbons (Fsp3) is 0.346. The number of hydrogen-bond acceptors (Lipinski definition) is 11. The molecule has 2 aliphatic carbocycles. The molecule has 67 heavy (non-hydrogen) atoms. The number of rotatable bonds is 15. The SMILES string of the molecule is C=C[C@@H]1C[C@]1(NC(=O)[C@@H]1CC(Oc2cc(-c3ccccc3)nc3cc(OC)ccc23)CN1C(=O)[C@H](CNC(=O)OCC1c2ccccc2-c2ccccc21)NC(=O)OC(C)(C)C)C(=O)OCC. The van der Waals surface area contributed by atoms with Crippen LogP contribution in [0, 0.1) is 5.92 Å². The molecule has 2 heterocycles. The van der Waals surface area contributed by atoms with Gasteiger partial charge in [0.2, 0.25) is 11.8 Å². The number of ether oxygens (including phenoxy) is 5. The Balaban J connectivity index is 1.07. The summed E-state index contributed by atoms with van der Waals surface area (Å²) in [6.07, 6.45) is -0.671. The molecule has 5 aromatic rings. The van der Waals surface area contributed by atoms with Gasteiger partial charge < -0.3 is 44.5 Å². The Morgan fingerprint density at radius 2 is 1.58 bits per heavy atom. The zero-order valence-electron chi connectivity index (χ0n) is 38.2. The van der Waals surface area contributed by atoms with E-state index in [-0.39, 0.29) is 38.5 Å². The number of amides is 4. The molecule has 1 saturated carbocycles. The average molecular weight is 910 g/mol. The highest BCUT2D eigenvalue weighted by Crippen LogP contribution is 2.46. The van der Waals surface area contributed by atoms with E-state index in [0.29, 0.717) is 28.1 Å². The van der Waals surface area contributed by atoms with Crippen molar-refractivity contribution in [2.24, 2.45) is 5.92 Å². The lowest BCUT2D eigenvalue weighted by atomic mass is 9.98. The molecule has 348 valence electrons. The molecule has 8 rings (SSSR count). The molecule has 4 amide bonds. The predicted octanol–water partition coefficient (Wildman–Crippen LogP) is 7.31. The van der Waals surface area contributed by atoms with Crippen LogP contribution in [0.1, 0.15) is 57.6 Å². The maximum atomic E-state index is 15.0. The Morgan fingerprint density at radius 3 is 2.22 bits per heavy atom. The lowest BCUT2D eigenvalue weighted by molar-refractivity contribution is -0.150. The highest BCUT2D eigenvalue weighted by atomic mass is 16.6. The summed E-state index contributed by atoms with van der Waals surface area (Å²) >= 11 is 0. The molecule has 3 aliphatic rings. The quantitative estimate of drug-likeness (QED) is 0.0544. The number of nitrogens with one attached hydrogen (secondary N) is 3. The molecule has 3 N–H and O–H groups in total. The van der Waals surface area contributed by atoms with Gasteiger partial charge in [0.25, 0.3) is 0 Å². The van der Waals surface area contributed by atoms with E-state index in [1.165, 1.54) is 4.90 Å². The second-order valence-electron chi connectivity index (χ2n) is 17.9. The minimum atomic E-state index is -1.44. The first-order valence-electron chi connectivity index (χ1n) is 22.4. The number of alkyl carbamates (subject to hydrolysis) is 2. The summed E-state index contributed by atoms with van der Waals surface area (Å²) in [5.74, 6) is -1.53. The zero-order chi connectivity index (χ0) is 47.5. The van der Waals surface area contributed by atoms with Gasteiger partial charge in [0.15, 0.2) is 0 Å². The third kappa shape index (κ3) is 9.91. The molecule has 15 nitrogen and oxygen atoms in total. The topological polar surface area (TPSA) is 184 Å². The number of likely N-dealkylation sites (tertiary alicyclic amines) is 1. The number of esters is 1. The molecule has 1 saturated heterocycles. The molecule has 1 aromatic heterocycles. The van der Waals surface area contributed by atoms with Crippen LogP contribution >= 0.6 is 0 Å². The first-order valence-corrected chi connectivity index (χ1v) is 22.4. The molecule has 4 aromatic carbocycles. The third-order valence-corrected chi connectivity index (χ3v) is 12.3. The number of hydrogen-bond donors (Lipinski definition) is 3. The molecule has 1 aliphatic heterocycles. The van der Waals surface area contributed by atoms with E-state index in [9.17, 15) is 24.0 Å². The Hall–Kier alpha value is -7.42. The fourth-order valence-corrected chi connectivity index (χ4v) is 8.96. The number of pyridine rings is 1. The van der Waals surface area contributed by atoms with Crippen LogP contribution in [0.4, 0.5) is 9.59 Å². The second kappa shape index (κ2) is 19.2. The number of methoxy groups -OCH3 is 1. The number of fused-ring (bicyclic) bond motifs is 4. The van der Waals surface area contributed by atoms with Crippen LogP contribution in [0.25, 0.3) is 33.3 Å². The first-order chi connectivity index (χ1) is 32.2. The van der Waals surface area contributed by atoms with Gasteiger partial charge in [0, 0.05) is 41.3 Å². The van der Waals surface area contributed by atoms with Crippen LogP contribution in [-0.4, -0.2) is 103 Å². The van der Waals surface area contributed by atoms with Gasteiger partial charge in [-0.25, -0.2) is 19.4 Å². The first kappa shape index (κ1) is 46.1. The van der Waals surface area contributed by atoms with E-state index in [1.807, 2.05) is 91.0 Å². The van der Waals surface area contributed by atoms with Gasteiger partial charge in [-0.15, -0.1) is 6.58 Å². The van der Waals surface area contributed by atoms with Crippen molar-refractivity contribution in [3.05, 3.63) is 127 Å². The highest BCUT2D eigenvalue weighted by molar-refractivity contribution is 5.97. The van der Waals surface area contributed by atoms with Crippen molar-refractivity contribution in [3.63, 3.8) is 0 Å². The maximum Gasteiger partial charge on any atom is 0.408 e. The van der Waals surface area contributed by atoms with E-state index in [4.69, 9.17) is 28.7 Å². The van der Waals surface area contributed by atoms with Gasteiger partial charge in [-0.1, -0.05) is 84.9 Å². The van der Waals surface area contributed by atoms with Crippen molar-refractivity contribution in [2.45, 2.75) is 75.8 Å². The predicted molar refractivity (Wildman–Crippen MR) is 250 cm³/mol. The van der Waals surface area contributed by atoms with Gasteiger partial charge in [-0.2, -0.15) is 0 Å². The summed E-state index contributed by atoms with van der Waals surface area (Å²) < 4.78 is 29.0. The summed E-state index contributed by atoms with van der Waals surface area (Å²) in [6.45, 7) is 10.1. The summed E-state index contributed by atoms with van der Waals surface area (Å²) in [6, 6.07) is 30.0. The Kier molecular flexibility index (Phi) is 13.2. The smallest absolute Gasteiger partial charge is 0.408 e. The molecule has 0 spiro atoms. The molecule has 2 fully saturated rings. The lowest BCUT2D eigenvalue weighted by Gasteiger charge is -2.30. The van der Waals surface area contributed by atoms with Gasteiger partial charge in [-0.3, -0.25) is 9.59 Å². The number of nitrogens with zero attached hydrogens (tertiary/aromatic N) is 2. The van der Waals surface area contributed by atoms with Crippen molar-refractivity contribution < 1.29 is 47.7 Å². The minimum Gasteiger partial charge on any atom is -0.497 e. The van der Waals surface area contributed by atoms with Crippen molar-refractivity contribution in [1.82, 2.24) is 25.8 Å². The second-order valence-corrected chi connectivity index (χ2v) is 17.9. The normalized spacial score (nSPS) is 19.8. The Morgan fingerprint density at radius 1 is 0.896 bits per heavy atom. The van der Waals surface area contributed by atoms with Crippen molar-refractivity contribution in [2.75, 3.05) is 33.4 Å². The number of carbonyl (C=O) groups excluding carboxylic acids is 5.